The molecular weight excluding hydrogens is 396 g/mol. The van der Waals surface area contributed by atoms with Crippen molar-refractivity contribution in [2.75, 3.05) is 25.0 Å². The zero-order chi connectivity index (χ0) is 22.2. The van der Waals surface area contributed by atoms with Gasteiger partial charge in [0.1, 0.15) is 0 Å². The second-order valence-electron chi connectivity index (χ2n) is 9.67. The van der Waals surface area contributed by atoms with E-state index in [-0.39, 0.29) is 29.2 Å². The van der Waals surface area contributed by atoms with Crippen molar-refractivity contribution in [2.24, 2.45) is 0 Å². The third kappa shape index (κ3) is 4.59. The zero-order valence-corrected chi connectivity index (χ0v) is 18.5. The maximum Gasteiger partial charge on any atom is 0.322 e. The number of carbonyl (C=O) groups excluding carboxylic acids is 1. The monoisotopic (exact) mass is 427 g/mol. The number of anilines is 1. The Morgan fingerprint density at radius 3 is 2.35 bits per heavy atom. The van der Waals surface area contributed by atoms with Crippen LogP contribution in [0, 0.1) is 11.6 Å². The predicted molar refractivity (Wildman–Crippen MR) is 119 cm³/mol. The maximum atomic E-state index is 13.6. The third-order valence-corrected chi connectivity index (χ3v) is 6.51. The first kappa shape index (κ1) is 21.8. The molecule has 0 spiro atoms. The molecule has 2 saturated heterocycles. The molecule has 1 unspecified atom stereocenters. The number of amides is 2. The Morgan fingerprint density at radius 1 is 0.968 bits per heavy atom. The second-order valence-corrected chi connectivity index (χ2v) is 9.67. The summed E-state index contributed by atoms with van der Waals surface area (Å²) in [6.45, 7) is 9.21. The van der Waals surface area contributed by atoms with Crippen molar-refractivity contribution in [3.63, 3.8) is 0 Å². The molecular formula is C25H31F2N3O. The normalized spacial score (nSPS) is 22.2. The molecule has 0 bridgehead atoms. The van der Waals surface area contributed by atoms with Crippen molar-refractivity contribution in [3.05, 3.63) is 65.2 Å². The van der Waals surface area contributed by atoms with Crippen molar-refractivity contribution in [3.8, 4) is 0 Å². The Hall–Kier alpha value is -2.47. The molecule has 2 aliphatic heterocycles. The minimum atomic E-state index is -0.968. The Labute approximate surface area is 183 Å². The highest BCUT2D eigenvalue weighted by atomic mass is 19.2. The summed E-state index contributed by atoms with van der Waals surface area (Å²) < 4.78 is 26.9. The molecule has 2 amide bonds. The van der Waals surface area contributed by atoms with Crippen LogP contribution in [0.3, 0.4) is 0 Å². The molecule has 166 valence electrons. The number of hydrogen-bond donors (Lipinski definition) is 1. The molecule has 4 rings (SSSR count). The third-order valence-electron chi connectivity index (χ3n) is 6.51. The Kier molecular flexibility index (Phi) is 6.02. The summed E-state index contributed by atoms with van der Waals surface area (Å²) in [4.78, 5) is 17.7. The molecule has 2 aromatic rings. The Morgan fingerprint density at radius 2 is 1.68 bits per heavy atom. The van der Waals surface area contributed by atoms with Gasteiger partial charge in [-0.3, -0.25) is 4.90 Å². The number of hydrogen-bond acceptors (Lipinski definition) is 2. The number of carbonyl (C=O) groups is 1. The molecule has 0 saturated carbocycles. The fourth-order valence-corrected chi connectivity index (χ4v) is 4.86. The van der Waals surface area contributed by atoms with Gasteiger partial charge in [-0.1, -0.05) is 45.0 Å². The molecule has 0 radical (unpaired) electrons. The molecule has 2 fully saturated rings. The molecule has 4 nitrogen and oxygen atoms in total. The van der Waals surface area contributed by atoms with E-state index in [0.29, 0.717) is 6.54 Å². The molecule has 31 heavy (non-hydrogen) atoms. The average Bonchev–Trinajstić information content (AvgIpc) is 3.10. The van der Waals surface area contributed by atoms with E-state index in [4.69, 9.17) is 0 Å². The van der Waals surface area contributed by atoms with Gasteiger partial charge in [-0.15, -0.1) is 0 Å². The highest BCUT2D eigenvalue weighted by Crippen LogP contribution is 2.37. The van der Waals surface area contributed by atoms with Gasteiger partial charge in [-0.2, -0.15) is 0 Å². The van der Waals surface area contributed by atoms with E-state index < -0.39 is 11.6 Å². The van der Waals surface area contributed by atoms with Crippen molar-refractivity contribution in [1.29, 1.82) is 0 Å². The van der Waals surface area contributed by atoms with Gasteiger partial charge in [0.15, 0.2) is 11.6 Å². The van der Waals surface area contributed by atoms with Gasteiger partial charge >= 0.3 is 6.03 Å². The lowest BCUT2D eigenvalue weighted by Gasteiger charge is -2.36. The van der Waals surface area contributed by atoms with Crippen LogP contribution in [-0.4, -0.2) is 41.5 Å². The summed E-state index contributed by atoms with van der Waals surface area (Å²) in [5.74, 6) is -1.89. The van der Waals surface area contributed by atoms with Crippen molar-refractivity contribution < 1.29 is 13.6 Å². The zero-order valence-electron chi connectivity index (χ0n) is 18.5. The molecule has 2 aromatic carbocycles. The van der Waals surface area contributed by atoms with Crippen LogP contribution in [0.4, 0.5) is 19.3 Å². The average molecular weight is 428 g/mol. The van der Waals surface area contributed by atoms with E-state index in [9.17, 15) is 13.6 Å². The van der Waals surface area contributed by atoms with Crippen LogP contribution in [0.2, 0.25) is 0 Å². The second kappa shape index (κ2) is 8.58. The van der Waals surface area contributed by atoms with Gasteiger partial charge in [-0.05, 0) is 54.5 Å². The maximum absolute atomic E-state index is 13.6. The molecule has 2 aliphatic rings. The van der Waals surface area contributed by atoms with Crippen LogP contribution >= 0.6 is 0 Å². The van der Waals surface area contributed by atoms with Crippen molar-refractivity contribution >= 4 is 11.7 Å². The van der Waals surface area contributed by atoms with Gasteiger partial charge in [0.05, 0.1) is 6.04 Å². The minimum Gasteiger partial charge on any atom is -0.316 e. The van der Waals surface area contributed by atoms with E-state index in [1.54, 1.807) is 0 Å². The lowest BCUT2D eigenvalue weighted by atomic mass is 9.85. The lowest BCUT2D eigenvalue weighted by Crippen LogP contribution is -2.44. The number of nitrogens with zero attached hydrogens (tertiary/aromatic N) is 2. The number of fused-ring (bicyclic) bond motifs is 1. The van der Waals surface area contributed by atoms with E-state index in [1.807, 2.05) is 4.90 Å². The van der Waals surface area contributed by atoms with Gasteiger partial charge < -0.3 is 10.2 Å². The van der Waals surface area contributed by atoms with E-state index in [1.165, 1.54) is 11.6 Å². The smallest absolute Gasteiger partial charge is 0.316 e. The quantitative estimate of drug-likeness (QED) is 0.667. The summed E-state index contributed by atoms with van der Waals surface area (Å²) in [5, 5.41) is 2.78. The highest BCUT2D eigenvalue weighted by molar-refractivity contribution is 5.89. The van der Waals surface area contributed by atoms with E-state index in [2.05, 4.69) is 55.3 Å². The van der Waals surface area contributed by atoms with Crippen LogP contribution < -0.4 is 5.32 Å². The first-order valence-corrected chi connectivity index (χ1v) is 11.1. The number of urea groups is 1. The minimum absolute atomic E-state index is 0.0606. The SMILES string of the molecule is CC(C)(C)c1ccc(C2[C@@H]3CCCN3CCCN2C(=O)Nc2ccc(F)c(F)c2)cc1. The highest BCUT2D eigenvalue weighted by Gasteiger charge is 2.40. The number of benzene rings is 2. The fourth-order valence-electron chi connectivity index (χ4n) is 4.86. The summed E-state index contributed by atoms with van der Waals surface area (Å²) in [6.07, 6.45) is 3.05. The first-order chi connectivity index (χ1) is 14.7. The standard InChI is InChI=1S/C25H31F2N3O/c1-25(2,3)18-9-7-17(8-10-18)23-22-6-4-13-29(22)14-5-15-30(23)24(31)28-19-11-12-20(26)21(27)16-19/h7-12,16,22-23H,4-6,13-15H2,1-3H3,(H,28,31)/t22-,23?/m0/s1. The lowest BCUT2D eigenvalue weighted by molar-refractivity contribution is 0.154. The summed E-state index contributed by atoms with van der Waals surface area (Å²) in [7, 11) is 0. The van der Waals surface area contributed by atoms with Crippen LogP contribution in [0.15, 0.2) is 42.5 Å². The number of halogens is 2. The first-order valence-electron chi connectivity index (χ1n) is 11.1. The van der Waals surface area contributed by atoms with Gasteiger partial charge in [-0.25, -0.2) is 13.6 Å². The topological polar surface area (TPSA) is 35.6 Å². The van der Waals surface area contributed by atoms with Crippen molar-refractivity contribution in [2.45, 2.75) is 57.5 Å². The molecule has 2 atom stereocenters. The molecule has 0 aliphatic carbocycles. The van der Waals surface area contributed by atoms with Gasteiger partial charge in [0.25, 0.3) is 0 Å². The summed E-state index contributed by atoms with van der Waals surface area (Å²) >= 11 is 0. The summed E-state index contributed by atoms with van der Waals surface area (Å²) in [5.41, 5.74) is 2.70. The number of nitrogens with one attached hydrogen (secondary N) is 1. The van der Waals surface area contributed by atoms with E-state index in [0.717, 1.165) is 50.0 Å². The van der Waals surface area contributed by atoms with Gasteiger partial charge in [0, 0.05) is 30.9 Å². The largest absolute Gasteiger partial charge is 0.322 e. The summed E-state index contributed by atoms with van der Waals surface area (Å²) in [6, 6.07) is 12.0. The van der Waals surface area contributed by atoms with Crippen LogP contribution in [-0.2, 0) is 5.41 Å². The predicted octanol–water partition coefficient (Wildman–Crippen LogP) is 5.71. The van der Waals surface area contributed by atoms with Crippen LogP contribution in [0.1, 0.15) is 57.2 Å². The fraction of sp³-hybridized carbons (Fsp3) is 0.480. The molecule has 2 heterocycles. The number of rotatable bonds is 2. The molecule has 1 N–H and O–H groups in total. The van der Waals surface area contributed by atoms with Gasteiger partial charge in [0.2, 0.25) is 0 Å². The van der Waals surface area contributed by atoms with Crippen LogP contribution in [0.5, 0.6) is 0 Å². The van der Waals surface area contributed by atoms with Crippen molar-refractivity contribution in [1.82, 2.24) is 9.80 Å². The Bertz CT molecular complexity index is 939. The molecule has 6 heteroatoms. The van der Waals surface area contributed by atoms with E-state index >= 15 is 0 Å². The van der Waals surface area contributed by atoms with Crippen LogP contribution in [0.25, 0.3) is 0 Å². The Balaban J connectivity index is 1.65. The molecule has 0 aromatic heterocycles.